The fourth-order valence-corrected chi connectivity index (χ4v) is 5.84. The summed E-state index contributed by atoms with van der Waals surface area (Å²) in [5.74, 6) is 0.696. The van der Waals surface area contributed by atoms with Crippen molar-refractivity contribution in [2.45, 2.75) is 98.4 Å². The molecule has 1 unspecified atom stereocenters. The molecule has 0 radical (unpaired) electrons. The molecule has 0 aliphatic heterocycles. The standard InChI is InChI=1S/C28H39Br2N/c1-9-11-12-18(10-2)17-31-25-21(13-19(15-23(25)29)27(3,4)5)22-14-20(28(6,7)8)16-24(30)26(22)31/h13-16,18H,9-12,17H2,1-8H3. The molecule has 0 spiro atoms. The third kappa shape index (κ3) is 5.08. The van der Waals surface area contributed by atoms with E-state index in [9.17, 15) is 0 Å². The van der Waals surface area contributed by atoms with Crippen LogP contribution in [0.3, 0.4) is 0 Å². The van der Waals surface area contributed by atoms with Gasteiger partial charge >= 0.3 is 0 Å². The zero-order valence-electron chi connectivity index (χ0n) is 20.6. The Morgan fingerprint density at radius 2 is 1.23 bits per heavy atom. The van der Waals surface area contributed by atoms with E-state index in [-0.39, 0.29) is 10.8 Å². The fraction of sp³-hybridized carbons (Fsp3) is 0.571. The highest BCUT2D eigenvalue weighted by molar-refractivity contribution is 9.11. The first-order valence-electron chi connectivity index (χ1n) is 11.8. The molecule has 0 fully saturated rings. The van der Waals surface area contributed by atoms with E-state index in [2.05, 4.69) is 116 Å². The van der Waals surface area contributed by atoms with Crippen molar-refractivity contribution in [1.29, 1.82) is 0 Å². The van der Waals surface area contributed by atoms with E-state index in [0.29, 0.717) is 5.92 Å². The van der Waals surface area contributed by atoms with Crippen molar-refractivity contribution in [3.63, 3.8) is 0 Å². The number of halogens is 2. The second kappa shape index (κ2) is 9.21. The van der Waals surface area contributed by atoms with Crippen LogP contribution in [0.15, 0.2) is 33.2 Å². The number of aromatic nitrogens is 1. The van der Waals surface area contributed by atoms with Gasteiger partial charge in [0.05, 0.1) is 11.0 Å². The second-order valence-electron chi connectivity index (χ2n) is 11.2. The number of nitrogens with zero attached hydrogens (tertiary/aromatic N) is 1. The van der Waals surface area contributed by atoms with Crippen molar-refractivity contribution < 1.29 is 0 Å². The van der Waals surface area contributed by atoms with Crippen molar-refractivity contribution in [1.82, 2.24) is 4.57 Å². The molecule has 170 valence electrons. The number of rotatable bonds is 6. The zero-order chi connectivity index (χ0) is 23.1. The molecule has 1 nitrogen and oxygen atoms in total. The lowest BCUT2D eigenvalue weighted by Crippen LogP contribution is -2.13. The maximum absolute atomic E-state index is 3.98. The summed E-state index contributed by atoms with van der Waals surface area (Å²) >= 11 is 7.96. The summed E-state index contributed by atoms with van der Waals surface area (Å²) < 4.78 is 5.00. The monoisotopic (exact) mass is 547 g/mol. The van der Waals surface area contributed by atoms with Crippen LogP contribution in [0, 0.1) is 5.92 Å². The van der Waals surface area contributed by atoms with Gasteiger partial charge in [0.2, 0.25) is 0 Å². The molecule has 3 rings (SSSR count). The molecule has 0 saturated heterocycles. The van der Waals surface area contributed by atoms with Gasteiger partial charge in [0.25, 0.3) is 0 Å². The van der Waals surface area contributed by atoms with Crippen molar-refractivity contribution >= 4 is 53.7 Å². The lowest BCUT2D eigenvalue weighted by molar-refractivity contribution is 0.400. The Hall–Kier alpha value is -0.800. The lowest BCUT2D eigenvalue weighted by Gasteiger charge is -2.21. The molecule has 3 aromatic rings. The third-order valence-corrected chi connectivity index (χ3v) is 7.88. The van der Waals surface area contributed by atoms with Crippen LogP contribution >= 0.6 is 31.9 Å². The molecule has 0 aliphatic carbocycles. The minimum Gasteiger partial charge on any atom is -0.338 e. The van der Waals surface area contributed by atoms with Crippen LogP contribution in [0.25, 0.3) is 21.8 Å². The summed E-state index contributed by atoms with van der Waals surface area (Å²) in [4.78, 5) is 0. The van der Waals surface area contributed by atoms with Gasteiger partial charge in [-0.25, -0.2) is 0 Å². The van der Waals surface area contributed by atoms with Gasteiger partial charge in [-0.15, -0.1) is 0 Å². The number of benzene rings is 2. The predicted molar refractivity (Wildman–Crippen MR) is 146 cm³/mol. The number of unbranched alkanes of at least 4 members (excludes halogenated alkanes) is 1. The summed E-state index contributed by atoms with van der Waals surface area (Å²) in [6, 6.07) is 9.54. The molecule has 0 N–H and O–H groups in total. The van der Waals surface area contributed by atoms with Crippen LogP contribution in [0.4, 0.5) is 0 Å². The average Bonchev–Trinajstić information content (AvgIpc) is 2.98. The van der Waals surface area contributed by atoms with Gasteiger partial charge in [-0.3, -0.25) is 0 Å². The molecule has 0 amide bonds. The molecule has 1 aromatic heterocycles. The van der Waals surface area contributed by atoms with Gasteiger partial charge in [0, 0.05) is 26.3 Å². The topological polar surface area (TPSA) is 4.93 Å². The summed E-state index contributed by atoms with van der Waals surface area (Å²) in [6.07, 6.45) is 5.08. The maximum Gasteiger partial charge on any atom is 0.0636 e. The Morgan fingerprint density at radius 1 is 0.774 bits per heavy atom. The quantitative estimate of drug-likeness (QED) is 0.288. The lowest BCUT2D eigenvalue weighted by atomic mass is 9.85. The molecule has 2 aromatic carbocycles. The molecule has 1 heterocycles. The van der Waals surface area contributed by atoms with E-state index in [0.717, 1.165) is 6.54 Å². The van der Waals surface area contributed by atoms with Crippen LogP contribution in [0.2, 0.25) is 0 Å². The average molecular weight is 549 g/mol. The summed E-state index contributed by atoms with van der Waals surface area (Å²) in [6.45, 7) is 19.5. The normalized spacial score (nSPS) is 14.0. The van der Waals surface area contributed by atoms with E-state index in [1.165, 1.54) is 67.6 Å². The molecule has 3 heteroatoms. The van der Waals surface area contributed by atoms with Crippen LogP contribution in [0.5, 0.6) is 0 Å². The first-order valence-corrected chi connectivity index (χ1v) is 13.4. The molecular formula is C28H39Br2N. The van der Waals surface area contributed by atoms with Gasteiger partial charge < -0.3 is 4.57 Å². The van der Waals surface area contributed by atoms with Gasteiger partial charge in [-0.1, -0.05) is 74.7 Å². The SMILES string of the molecule is CCCCC(CC)Cn1c2c(Br)cc(C(C)(C)C)cc2c2cc(C(C)(C)C)cc(Br)c21. The molecule has 1 atom stereocenters. The number of hydrogen-bond donors (Lipinski definition) is 0. The summed E-state index contributed by atoms with van der Waals surface area (Å²) in [5, 5.41) is 2.73. The van der Waals surface area contributed by atoms with Crippen LogP contribution in [-0.2, 0) is 17.4 Å². The number of fused-ring (bicyclic) bond motifs is 3. The highest BCUT2D eigenvalue weighted by Gasteiger charge is 2.24. The summed E-state index contributed by atoms with van der Waals surface area (Å²) in [7, 11) is 0. The number of hydrogen-bond acceptors (Lipinski definition) is 0. The van der Waals surface area contributed by atoms with Gasteiger partial charge in [0.15, 0.2) is 0 Å². The molecule has 0 bridgehead atoms. The first kappa shape index (κ1) is 24.8. The Morgan fingerprint density at radius 3 is 1.58 bits per heavy atom. The van der Waals surface area contributed by atoms with Crippen molar-refractivity contribution in [2.24, 2.45) is 5.92 Å². The van der Waals surface area contributed by atoms with E-state index in [1.54, 1.807) is 0 Å². The Labute approximate surface area is 206 Å². The van der Waals surface area contributed by atoms with Crippen LogP contribution in [-0.4, -0.2) is 4.57 Å². The second-order valence-corrected chi connectivity index (χ2v) is 12.9. The first-order chi connectivity index (χ1) is 14.4. The zero-order valence-corrected chi connectivity index (χ0v) is 23.8. The van der Waals surface area contributed by atoms with Gasteiger partial charge in [-0.05, 0) is 90.4 Å². The van der Waals surface area contributed by atoms with E-state index < -0.39 is 0 Å². The minimum atomic E-state index is 0.108. The Kier molecular flexibility index (Phi) is 7.38. The van der Waals surface area contributed by atoms with Crippen molar-refractivity contribution in [3.8, 4) is 0 Å². The van der Waals surface area contributed by atoms with E-state index >= 15 is 0 Å². The van der Waals surface area contributed by atoms with E-state index in [4.69, 9.17) is 0 Å². The maximum atomic E-state index is 3.98. The Bertz CT molecular complexity index is 999. The van der Waals surface area contributed by atoms with Crippen molar-refractivity contribution in [2.75, 3.05) is 0 Å². The van der Waals surface area contributed by atoms with E-state index in [1.807, 2.05) is 0 Å². The summed E-state index contributed by atoms with van der Waals surface area (Å²) in [5.41, 5.74) is 5.64. The molecular weight excluding hydrogens is 510 g/mol. The molecule has 31 heavy (non-hydrogen) atoms. The third-order valence-electron chi connectivity index (χ3n) is 6.67. The largest absolute Gasteiger partial charge is 0.338 e. The van der Waals surface area contributed by atoms with Gasteiger partial charge in [0.1, 0.15) is 0 Å². The highest BCUT2D eigenvalue weighted by Crippen LogP contribution is 2.42. The molecule has 0 saturated carbocycles. The van der Waals surface area contributed by atoms with Crippen LogP contribution in [0.1, 0.15) is 92.2 Å². The fourth-order valence-electron chi connectivity index (χ4n) is 4.49. The Balaban J connectivity index is 2.37. The highest BCUT2D eigenvalue weighted by atomic mass is 79.9. The van der Waals surface area contributed by atoms with Crippen LogP contribution < -0.4 is 0 Å². The van der Waals surface area contributed by atoms with Gasteiger partial charge in [-0.2, -0.15) is 0 Å². The molecule has 0 aliphatic rings. The van der Waals surface area contributed by atoms with Crippen molar-refractivity contribution in [3.05, 3.63) is 44.3 Å². The minimum absolute atomic E-state index is 0.108. The predicted octanol–water partition coefficient (Wildman–Crippen LogP) is 10.1. The smallest absolute Gasteiger partial charge is 0.0636 e.